The van der Waals surface area contributed by atoms with Gasteiger partial charge in [0, 0.05) is 4.90 Å². The fraction of sp³-hybridized carbons (Fsp3) is 0.125. The number of nitrogens with zero attached hydrogens (tertiary/aromatic N) is 3. The van der Waals surface area contributed by atoms with Gasteiger partial charge >= 0.3 is 0 Å². The van der Waals surface area contributed by atoms with E-state index in [1.54, 1.807) is 36.4 Å². The molecule has 0 unspecified atom stereocenters. The molecule has 3 aromatic rings. The van der Waals surface area contributed by atoms with Crippen LogP contribution in [0.15, 0.2) is 58.2 Å². The first-order valence-electron chi connectivity index (χ1n) is 7.21. The molecule has 9 heteroatoms. The normalized spacial score (nSPS) is 11.0. The van der Waals surface area contributed by atoms with Crippen LogP contribution < -0.4 is 10.9 Å². The summed E-state index contributed by atoms with van der Waals surface area (Å²) in [6.45, 7) is -0.371. The highest BCUT2D eigenvalue weighted by molar-refractivity contribution is 7.99. The van der Waals surface area contributed by atoms with Gasteiger partial charge in [-0.3, -0.25) is 9.59 Å². The summed E-state index contributed by atoms with van der Waals surface area (Å²) in [7, 11) is 0. The van der Waals surface area contributed by atoms with Crippen LogP contribution in [0.2, 0.25) is 0 Å². The van der Waals surface area contributed by atoms with E-state index in [0.29, 0.717) is 22.7 Å². The summed E-state index contributed by atoms with van der Waals surface area (Å²) in [5.41, 5.74) is 0.235. The van der Waals surface area contributed by atoms with E-state index >= 15 is 0 Å². The van der Waals surface area contributed by atoms with Crippen molar-refractivity contribution in [2.24, 2.45) is 0 Å². The Bertz CT molecular complexity index is 978. The predicted octanol–water partition coefficient (Wildman–Crippen LogP) is 2.74. The van der Waals surface area contributed by atoms with Crippen LogP contribution >= 0.6 is 11.8 Å². The molecule has 0 aliphatic rings. The Labute approximate surface area is 144 Å². The lowest BCUT2D eigenvalue weighted by Crippen LogP contribution is -2.30. The Morgan fingerprint density at radius 3 is 2.68 bits per heavy atom. The van der Waals surface area contributed by atoms with Gasteiger partial charge in [0.1, 0.15) is 12.1 Å². The standard InChI is InChI=1S/C16H12F2N4O2S/c17-16(18)25-13-8-4-3-7-12(13)19-14(23)9-22-15(24)10-5-1-2-6-11(10)20-21-22/h1-8,16H,9H2,(H,19,23). The number of nitrogens with one attached hydrogen (secondary N) is 1. The largest absolute Gasteiger partial charge is 0.323 e. The van der Waals surface area contributed by atoms with Crippen molar-refractivity contribution in [2.45, 2.75) is 17.2 Å². The number of fused-ring (bicyclic) bond motifs is 1. The number of alkyl halides is 2. The number of rotatable bonds is 5. The molecule has 128 valence electrons. The number of amides is 1. The second-order valence-corrected chi connectivity index (χ2v) is 6.02. The van der Waals surface area contributed by atoms with Crippen LogP contribution in [-0.2, 0) is 11.3 Å². The van der Waals surface area contributed by atoms with Crippen LogP contribution in [0.1, 0.15) is 0 Å². The Morgan fingerprint density at radius 1 is 1.16 bits per heavy atom. The van der Waals surface area contributed by atoms with Crippen molar-refractivity contribution < 1.29 is 13.6 Å². The molecule has 1 aromatic heterocycles. The van der Waals surface area contributed by atoms with Crippen molar-refractivity contribution >= 4 is 34.3 Å². The molecule has 0 radical (unpaired) electrons. The lowest BCUT2D eigenvalue weighted by atomic mass is 10.2. The summed E-state index contributed by atoms with van der Waals surface area (Å²) in [5, 5.41) is 10.5. The minimum Gasteiger partial charge on any atom is -0.323 e. The van der Waals surface area contributed by atoms with Crippen molar-refractivity contribution in [3.63, 3.8) is 0 Å². The zero-order valence-corrected chi connectivity index (χ0v) is 13.5. The maximum Gasteiger partial charge on any atom is 0.288 e. The van der Waals surface area contributed by atoms with Crippen molar-refractivity contribution in [3.05, 3.63) is 58.9 Å². The quantitative estimate of drug-likeness (QED) is 0.706. The molecule has 0 aliphatic heterocycles. The molecule has 0 spiro atoms. The fourth-order valence-electron chi connectivity index (χ4n) is 2.22. The minimum atomic E-state index is -2.60. The van der Waals surface area contributed by atoms with Crippen LogP contribution in [0.5, 0.6) is 0 Å². The van der Waals surface area contributed by atoms with Crippen LogP contribution in [0.3, 0.4) is 0 Å². The lowest BCUT2D eigenvalue weighted by Gasteiger charge is -2.10. The molecule has 6 nitrogen and oxygen atoms in total. The van der Waals surface area contributed by atoms with Crippen LogP contribution in [0.25, 0.3) is 10.9 Å². The lowest BCUT2D eigenvalue weighted by molar-refractivity contribution is -0.117. The number of hydrogen-bond donors (Lipinski definition) is 1. The first-order chi connectivity index (χ1) is 12.0. The van der Waals surface area contributed by atoms with E-state index in [2.05, 4.69) is 15.6 Å². The van der Waals surface area contributed by atoms with E-state index in [-0.39, 0.29) is 17.1 Å². The van der Waals surface area contributed by atoms with Crippen LogP contribution in [-0.4, -0.2) is 26.7 Å². The second kappa shape index (κ2) is 7.39. The summed E-state index contributed by atoms with van der Waals surface area (Å²) in [6, 6.07) is 12.9. The highest BCUT2D eigenvalue weighted by Crippen LogP contribution is 2.31. The third-order valence-electron chi connectivity index (χ3n) is 3.30. The van der Waals surface area contributed by atoms with Crippen molar-refractivity contribution in [1.82, 2.24) is 15.0 Å². The molecule has 0 atom stereocenters. The summed E-state index contributed by atoms with van der Waals surface area (Å²) < 4.78 is 26.1. The Balaban J connectivity index is 1.80. The van der Waals surface area contributed by atoms with Crippen molar-refractivity contribution in [2.75, 3.05) is 5.32 Å². The average Bonchev–Trinajstić information content (AvgIpc) is 2.59. The molecule has 2 aromatic carbocycles. The summed E-state index contributed by atoms with van der Waals surface area (Å²) >= 11 is 0.334. The highest BCUT2D eigenvalue weighted by Gasteiger charge is 2.13. The van der Waals surface area contributed by atoms with E-state index in [9.17, 15) is 18.4 Å². The van der Waals surface area contributed by atoms with E-state index in [0.717, 1.165) is 4.68 Å². The molecule has 0 bridgehead atoms. The highest BCUT2D eigenvalue weighted by atomic mass is 32.2. The number of para-hydroxylation sites is 1. The average molecular weight is 362 g/mol. The number of anilines is 1. The molecule has 0 aliphatic carbocycles. The molecule has 0 saturated heterocycles. The zero-order chi connectivity index (χ0) is 17.8. The summed E-state index contributed by atoms with van der Waals surface area (Å²) in [5.74, 6) is -3.17. The van der Waals surface area contributed by atoms with Crippen LogP contribution in [0.4, 0.5) is 14.5 Å². The van der Waals surface area contributed by atoms with Gasteiger partial charge in [0.2, 0.25) is 5.91 Å². The Kier molecular flexibility index (Phi) is 5.03. The van der Waals surface area contributed by atoms with Gasteiger partial charge in [-0.15, -0.1) is 5.10 Å². The predicted molar refractivity (Wildman–Crippen MR) is 90.7 cm³/mol. The van der Waals surface area contributed by atoms with Gasteiger partial charge in [-0.25, -0.2) is 4.68 Å². The first kappa shape index (κ1) is 17.0. The third kappa shape index (κ3) is 4.00. The fourth-order valence-corrected chi connectivity index (χ4v) is 2.82. The van der Waals surface area contributed by atoms with Gasteiger partial charge in [-0.1, -0.05) is 41.2 Å². The van der Waals surface area contributed by atoms with Gasteiger partial charge in [0.05, 0.1) is 11.1 Å². The molecule has 1 N–H and O–H groups in total. The molecular formula is C16H12F2N4O2S. The maximum atomic E-state index is 12.6. The molecule has 3 rings (SSSR count). The summed E-state index contributed by atoms with van der Waals surface area (Å²) in [6.07, 6.45) is 0. The minimum absolute atomic E-state index is 0.239. The van der Waals surface area contributed by atoms with E-state index < -0.39 is 17.2 Å². The van der Waals surface area contributed by atoms with Gasteiger partial charge in [-0.2, -0.15) is 8.78 Å². The smallest absolute Gasteiger partial charge is 0.288 e. The zero-order valence-electron chi connectivity index (χ0n) is 12.7. The van der Waals surface area contributed by atoms with E-state index in [1.807, 2.05) is 0 Å². The molecule has 1 heterocycles. The molecule has 25 heavy (non-hydrogen) atoms. The SMILES string of the molecule is O=C(Cn1nnc2ccccc2c1=O)Nc1ccccc1SC(F)F. The van der Waals surface area contributed by atoms with E-state index in [1.165, 1.54) is 12.1 Å². The number of benzene rings is 2. The number of carbonyl (C=O) groups excluding carboxylic acids is 1. The molecule has 1 amide bonds. The topological polar surface area (TPSA) is 76.9 Å². The first-order valence-corrected chi connectivity index (χ1v) is 8.09. The summed E-state index contributed by atoms with van der Waals surface area (Å²) in [4.78, 5) is 24.7. The van der Waals surface area contributed by atoms with Gasteiger partial charge in [0.15, 0.2) is 0 Å². The molecular weight excluding hydrogens is 350 g/mol. The number of halogens is 2. The Morgan fingerprint density at radius 2 is 1.88 bits per heavy atom. The van der Waals surface area contributed by atoms with Crippen molar-refractivity contribution in [3.8, 4) is 0 Å². The monoisotopic (exact) mass is 362 g/mol. The third-order valence-corrected chi connectivity index (χ3v) is 4.09. The van der Waals surface area contributed by atoms with Crippen LogP contribution in [0, 0.1) is 0 Å². The second-order valence-electron chi connectivity index (χ2n) is 4.99. The number of carbonyl (C=O) groups is 1. The maximum absolute atomic E-state index is 12.6. The number of thioether (sulfide) groups is 1. The number of aromatic nitrogens is 3. The number of hydrogen-bond acceptors (Lipinski definition) is 5. The van der Waals surface area contributed by atoms with Gasteiger partial charge in [-0.05, 0) is 24.3 Å². The van der Waals surface area contributed by atoms with Gasteiger partial charge in [0.25, 0.3) is 11.3 Å². The Hall–Kier alpha value is -2.81. The molecule has 0 saturated carbocycles. The van der Waals surface area contributed by atoms with Crippen molar-refractivity contribution in [1.29, 1.82) is 0 Å². The molecule has 0 fully saturated rings. The van der Waals surface area contributed by atoms with E-state index in [4.69, 9.17) is 0 Å². The van der Waals surface area contributed by atoms with Gasteiger partial charge < -0.3 is 5.32 Å².